The summed E-state index contributed by atoms with van der Waals surface area (Å²) in [7, 11) is 1.74. The number of amides is 1. The van der Waals surface area contributed by atoms with Gasteiger partial charge in [-0.3, -0.25) is 4.79 Å². The number of nitrogens with two attached hydrogens (primary N) is 1. The molecule has 0 aliphatic rings. The Balaban J connectivity index is 2.22. The molecule has 0 saturated heterocycles. The summed E-state index contributed by atoms with van der Waals surface area (Å²) in [5.74, 6) is 0.0104. The number of aryl methyl sites for hydroxylation is 1. The van der Waals surface area contributed by atoms with Crippen molar-refractivity contribution < 1.29 is 4.79 Å². The van der Waals surface area contributed by atoms with Crippen molar-refractivity contribution in [1.82, 2.24) is 4.98 Å². The maximum Gasteiger partial charge on any atom is 0.269 e. The van der Waals surface area contributed by atoms with Gasteiger partial charge in [0.25, 0.3) is 5.91 Å². The number of nitrogens with one attached hydrogen (secondary N) is 2. The summed E-state index contributed by atoms with van der Waals surface area (Å²) in [5, 5.41) is 6.32. The Kier molecular flexibility index (Phi) is 3.47. The number of nitrogens with zero attached hydrogens (tertiary/aromatic N) is 1. The van der Waals surface area contributed by atoms with E-state index in [-0.39, 0.29) is 11.7 Å². The van der Waals surface area contributed by atoms with Crippen LogP contribution in [0.15, 0.2) is 24.3 Å². The molecule has 1 heterocycles. The molecule has 0 atom stereocenters. The molecular weight excluding hydrogens is 248 g/mol. The van der Waals surface area contributed by atoms with Crippen LogP contribution in [0.1, 0.15) is 15.2 Å². The van der Waals surface area contributed by atoms with E-state index in [1.165, 1.54) is 11.3 Å². The monoisotopic (exact) mass is 262 g/mol. The lowest BCUT2D eigenvalue weighted by Crippen LogP contribution is -2.12. The molecule has 0 bridgehead atoms. The van der Waals surface area contributed by atoms with E-state index in [4.69, 9.17) is 5.73 Å². The lowest BCUT2D eigenvalue weighted by Gasteiger charge is -2.06. The first-order valence-corrected chi connectivity index (χ1v) is 6.24. The van der Waals surface area contributed by atoms with Crippen LogP contribution < -0.4 is 16.4 Å². The summed E-state index contributed by atoms with van der Waals surface area (Å²) < 4.78 is 0. The minimum absolute atomic E-state index is 0.235. The Morgan fingerprint density at radius 3 is 2.72 bits per heavy atom. The molecule has 4 N–H and O–H groups in total. The highest BCUT2D eigenvalue weighted by Crippen LogP contribution is 2.25. The fourth-order valence-electron chi connectivity index (χ4n) is 1.49. The average molecular weight is 262 g/mol. The van der Waals surface area contributed by atoms with Gasteiger partial charge in [-0.15, -0.1) is 0 Å². The van der Waals surface area contributed by atoms with E-state index in [2.05, 4.69) is 15.6 Å². The van der Waals surface area contributed by atoms with Gasteiger partial charge in [0.05, 0.1) is 0 Å². The van der Waals surface area contributed by atoms with Gasteiger partial charge in [0.15, 0.2) is 5.13 Å². The van der Waals surface area contributed by atoms with Crippen molar-refractivity contribution >= 4 is 33.9 Å². The Labute approximate surface area is 109 Å². The topological polar surface area (TPSA) is 80.0 Å². The first-order chi connectivity index (χ1) is 8.61. The molecule has 0 saturated carbocycles. The van der Waals surface area contributed by atoms with Crippen LogP contribution in [0.25, 0.3) is 0 Å². The molecule has 0 aliphatic carbocycles. The van der Waals surface area contributed by atoms with Gasteiger partial charge in [-0.25, -0.2) is 4.98 Å². The molecule has 6 heteroatoms. The fourth-order valence-corrected chi connectivity index (χ4v) is 2.23. The lowest BCUT2D eigenvalue weighted by atomic mass is 10.2. The number of carbonyl (C=O) groups is 1. The molecule has 2 aromatic rings. The SMILES string of the molecule is CNc1nc(N)c(C(=O)Nc2ccccc2C)s1. The summed E-state index contributed by atoms with van der Waals surface area (Å²) in [5.41, 5.74) is 7.49. The van der Waals surface area contributed by atoms with Gasteiger partial charge in [-0.05, 0) is 18.6 Å². The number of benzene rings is 1. The number of carbonyl (C=O) groups excluding carboxylic acids is 1. The highest BCUT2D eigenvalue weighted by Gasteiger charge is 2.16. The summed E-state index contributed by atoms with van der Waals surface area (Å²) in [6, 6.07) is 7.58. The Hall–Kier alpha value is -2.08. The number of para-hydroxylation sites is 1. The van der Waals surface area contributed by atoms with E-state index in [0.717, 1.165) is 11.3 Å². The van der Waals surface area contributed by atoms with Gasteiger partial charge in [0, 0.05) is 12.7 Å². The van der Waals surface area contributed by atoms with Crippen LogP contribution in [0.5, 0.6) is 0 Å². The standard InChI is InChI=1S/C12H14N4OS/c1-7-5-3-4-6-8(7)15-11(17)9-10(13)16-12(14-2)18-9/h3-6H,13H2,1-2H3,(H,14,16)(H,15,17). The number of hydrogen-bond donors (Lipinski definition) is 3. The molecule has 18 heavy (non-hydrogen) atoms. The number of hydrogen-bond acceptors (Lipinski definition) is 5. The summed E-state index contributed by atoms with van der Waals surface area (Å²) in [4.78, 5) is 16.5. The van der Waals surface area contributed by atoms with Crippen molar-refractivity contribution in [3.63, 3.8) is 0 Å². The van der Waals surface area contributed by atoms with Crippen LogP contribution in [-0.4, -0.2) is 17.9 Å². The van der Waals surface area contributed by atoms with E-state index in [0.29, 0.717) is 10.0 Å². The van der Waals surface area contributed by atoms with Crippen molar-refractivity contribution in [1.29, 1.82) is 0 Å². The predicted octanol–water partition coefficient (Wildman–Crippen LogP) is 2.33. The van der Waals surface area contributed by atoms with E-state index >= 15 is 0 Å². The maximum absolute atomic E-state index is 12.1. The van der Waals surface area contributed by atoms with Crippen molar-refractivity contribution in [2.45, 2.75) is 6.92 Å². The minimum atomic E-state index is -0.235. The number of aromatic nitrogens is 1. The third-order valence-corrected chi connectivity index (χ3v) is 3.55. The zero-order chi connectivity index (χ0) is 13.1. The van der Waals surface area contributed by atoms with E-state index in [1.807, 2.05) is 31.2 Å². The second-order valence-corrected chi connectivity index (χ2v) is 4.75. The van der Waals surface area contributed by atoms with Crippen LogP contribution in [0.2, 0.25) is 0 Å². The highest BCUT2D eigenvalue weighted by atomic mass is 32.1. The van der Waals surface area contributed by atoms with Gasteiger partial charge in [-0.2, -0.15) is 0 Å². The largest absolute Gasteiger partial charge is 0.382 e. The Morgan fingerprint density at radius 1 is 1.39 bits per heavy atom. The molecule has 2 rings (SSSR count). The Morgan fingerprint density at radius 2 is 2.11 bits per heavy atom. The molecule has 5 nitrogen and oxygen atoms in total. The van der Waals surface area contributed by atoms with Crippen molar-refractivity contribution in [2.24, 2.45) is 0 Å². The fraction of sp³-hybridized carbons (Fsp3) is 0.167. The summed E-state index contributed by atoms with van der Waals surface area (Å²) in [6.07, 6.45) is 0. The smallest absolute Gasteiger partial charge is 0.269 e. The lowest BCUT2D eigenvalue weighted by molar-refractivity contribution is 0.103. The third-order valence-electron chi connectivity index (χ3n) is 2.47. The van der Waals surface area contributed by atoms with Crippen LogP contribution in [0, 0.1) is 6.92 Å². The van der Waals surface area contributed by atoms with Crippen LogP contribution in [-0.2, 0) is 0 Å². The molecule has 0 unspecified atom stereocenters. The second-order valence-electron chi connectivity index (χ2n) is 3.75. The van der Waals surface area contributed by atoms with Crippen molar-refractivity contribution in [3.05, 3.63) is 34.7 Å². The molecule has 1 amide bonds. The van der Waals surface area contributed by atoms with Gasteiger partial charge in [-0.1, -0.05) is 29.5 Å². The van der Waals surface area contributed by atoms with Crippen molar-refractivity contribution in [2.75, 3.05) is 23.4 Å². The van der Waals surface area contributed by atoms with E-state index < -0.39 is 0 Å². The molecule has 1 aromatic heterocycles. The quantitative estimate of drug-likeness (QED) is 0.793. The highest BCUT2D eigenvalue weighted by molar-refractivity contribution is 7.18. The zero-order valence-corrected chi connectivity index (χ0v) is 11.0. The molecule has 0 radical (unpaired) electrons. The maximum atomic E-state index is 12.1. The number of nitrogen functional groups attached to an aromatic ring is 1. The van der Waals surface area contributed by atoms with Gasteiger partial charge in [0.2, 0.25) is 0 Å². The molecule has 1 aromatic carbocycles. The number of anilines is 3. The van der Waals surface area contributed by atoms with Crippen LogP contribution >= 0.6 is 11.3 Å². The summed E-state index contributed by atoms with van der Waals surface area (Å²) in [6.45, 7) is 1.94. The van der Waals surface area contributed by atoms with Gasteiger partial charge in [0.1, 0.15) is 10.7 Å². The van der Waals surface area contributed by atoms with Gasteiger partial charge < -0.3 is 16.4 Å². The van der Waals surface area contributed by atoms with E-state index in [9.17, 15) is 4.79 Å². The molecule has 0 aliphatic heterocycles. The normalized spacial score (nSPS) is 10.1. The van der Waals surface area contributed by atoms with E-state index in [1.54, 1.807) is 7.05 Å². The predicted molar refractivity (Wildman–Crippen MR) is 75.2 cm³/mol. The average Bonchev–Trinajstić information content (AvgIpc) is 2.73. The molecular formula is C12H14N4OS. The summed E-state index contributed by atoms with van der Waals surface area (Å²) >= 11 is 1.23. The third kappa shape index (κ3) is 2.43. The number of rotatable bonds is 3. The Bertz CT molecular complexity index is 579. The van der Waals surface area contributed by atoms with Gasteiger partial charge >= 0.3 is 0 Å². The van der Waals surface area contributed by atoms with Crippen LogP contribution in [0.4, 0.5) is 16.6 Å². The van der Waals surface area contributed by atoms with Crippen molar-refractivity contribution in [3.8, 4) is 0 Å². The molecule has 0 fully saturated rings. The first kappa shape index (κ1) is 12.4. The molecule has 94 valence electrons. The second kappa shape index (κ2) is 5.05. The first-order valence-electron chi connectivity index (χ1n) is 5.43. The van der Waals surface area contributed by atoms with Crippen LogP contribution in [0.3, 0.4) is 0 Å². The molecule has 0 spiro atoms. The minimum Gasteiger partial charge on any atom is -0.382 e. The zero-order valence-electron chi connectivity index (χ0n) is 10.2. The number of thiazole rings is 1.